The van der Waals surface area contributed by atoms with Crippen molar-refractivity contribution >= 4 is 35.5 Å². The van der Waals surface area contributed by atoms with Crippen molar-refractivity contribution in [2.45, 2.75) is 24.7 Å². The second kappa shape index (κ2) is 9.36. The van der Waals surface area contributed by atoms with Crippen LogP contribution >= 0.6 is 12.4 Å². The van der Waals surface area contributed by atoms with E-state index in [-0.39, 0.29) is 24.3 Å². The summed E-state index contributed by atoms with van der Waals surface area (Å²) >= 11 is 0. The highest BCUT2D eigenvalue weighted by atomic mass is 35.5. The van der Waals surface area contributed by atoms with Crippen LogP contribution in [0.3, 0.4) is 0 Å². The molecule has 0 aliphatic carbocycles. The zero-order valence-corrected chi connectivity index (χ0v) is 18.2. The first-order chi connectivity index (χ1) is 15.1. The summed E-state index contributed by atoms with van der Waals surface area (Å²) < 4.78 is 52.4. The molecule has 176 valence electrons. The summed E-state index contributed by atoms with van der Waals surface area (Å²) in [6, 6.07) is 8.86. The molecule has 2 aromatic heterocycles. The Hall–Kier alpha value is -3.18. The van der Waals surface area contributed by atoms with Crippen LogP contribution < -0.4 is 15.5 Å². The van der Waals surface area contributed by atoms with Crippen LogP contribution in [0.1, 0.15) is 18.5 Å². The maximum Gasteiger partial charge on any atom is 0.420 e. The van der Waals surface area contributed by atoms with Gasteiger partial charge in [0, 0.05) is 36.3 Å². The van der Waals surface area contributed by atoms with Gasteiger partial charge in [0.25, 0.3) is 0 Å². The monoisotopic (exact) mass is 484 g/mol. The van der Waals surface area contributed by atoms with Gasteiger partial charge in [-0.3, -0.25) is 4.98 Å². The minimum atomic E-state index is -4.71. The quantitative estimate of drug-likeness (QED) is 0.445. The highest BCUT2D eigenvalue weighted by Gasteiger charge is 2.61. The van der Waals surface area contributed by atoms with E-state index < -0.39 is 24.9 Å². The summed E-state index contributed by atoms with van der Waals surface area (Å²) in [5.41, 5.74) is -1.50. The van der Waals surface area contributed by atoms with Crippen LogP contribution in [0.15, 0.2) is 55.0 Å². The van der Waals surface area contributed by atoms with Gasteiger partial charge in [-0.1, -0.05) is 12.1 Å². The molecular weight excluding hydrogens is 464 g/mol. The third-order valence-electron chi connectivity index (χ3n) is 5.16. The zero-order valence-electron chi connectivity index (χ0n) is 17.3. The maximum absolute atomic E-state index is 13.2. The molecule has 0 saturated carbocycles. The number of alkyl halides is 3. The average molecular weight is 485 g/mol. The number of pyridine rings is 1. The summed E-state index contributed by atoms with van der Waals surface area (Å²) in [4.78, 5) is 13.9. The Kier molecular flexibility index (Phi) is 6.94. The predicted octanol–water partition coefficient (Wildman–Crippen LogP) is 4.46. The van der Waals surface area contributed by atoms with Gasteiger partial charge in [0.2, 0.25) is 0 Å². The molecule has 1 aliphatic heterocycles. The van der Waals surface area contributed by atoms with Gasteiger partial charge >= 0.3 is 6.18 Å². The highest BCUT2D eigenvalue weighted by Crippen LogP contribution is 2.41. The number of aromatic nitrogens is 3. The Bertz CT molecular complexity index is 1080. The normalized spacial score (nSPS) is 15.8. The summed E-state index contributed by atoms with van der Waals surface area (Å²) in [5, 5.41) is 16.0. The van der Waals surface area contributed by atoms with Crippen molar-refractivity contribution in [2.24, 2.45) is 0 Å². The number of halogens is 5. The fourth-order valence-corrected chi connectivity index (χ4v) is 3.34. The maximum atomic E-state index is 13.2. The smallest absolute Gasteiger partial charge is 0.378 e. The Morgan fingerprint density at radius 2 is 1.73 bits per heavy atom. The Labute approximate surface area is 193 Å². The summed E-state index contributed by atoms with van der Waals surface area (Å²) in [7, 11) is 0. The van der Waals surface area contributed by atoms with Crippen LogP contribution in [0, 0.1) is 5.82 Å². The first-order valence-corrected chi connectivity index (χ1v) is 9.74. The molecule has 0 radical (unpaired) electrons. The lowest BCUT2D eigenvalue weighted by molar-refractivity contribution is -0.267. The fourth-order valence-electron chi connectivity index (χ4n) is 3.34. The average Bonchev–Trinajstić information content (AvgIpc) is 2.71. The third kappa shape index (κ3) is 5.42. The molecule has 3 heterocycles. The van der Waals surface area contributed by atoms with E-state index in [2.05, 4.69) is 25.6 Å². The Morgan fingerprint density at radius 3 is 2.33 bits per heavy atom. The molecule has 12 heteroatoms. The van der Waals surface area contributed by atoms with Gasteiger partial charge in [0.05, 0.1) is 19.3 Å². The van der Waals surface area contributed by atoms with E-state index in [1.165, 1.54) is 35.6 Å². The van der Waals surface area contributed by atoms with E-state index in [0.29, 0.717) is 23.1 Å². The molecule has 0 spiro atoms. The second-order valence-corrected chi connectivity index (χ2v) is 7.61. The zero-order chi connectivity index (χ0) is 22.9. The van der Waals surface area contributed by atoms with Gasteiger partial charge in [-0.15, -0.1) is 12.4 Å². The number of hydrogen-bond donors (Lipinski definition) is 3. The molecule has 1 fully saturated rings. The van der Waals surface area contributed by atoms with Crippen LogP contribution in [0.25, 0.3) is 0 Å². The van der Waals surface area contributed by atoms with E-state index in [1.807, 2.05) is 6.92 Å². The molecule has 0 bridgehead atoms. The van der Waals surface area contributed by atoms with Crippen LogP contribution in [-0.4, -0.2) is 44.9 Å². The Balaban J connectivity index is 0.00000306. The summed E-state index contributed by atoms with van der Waals surface area (Å²) in [6.45, 7) is 0.680. The molecule has 1 aliphatic rings. The first kappa shape index (κ1) is 24.5. The van der Waals surface area contributed by atoms with Gasteiger partial charge in [0.1, 0.15) is 23.3 Å². The second-order valence-electron chi connectivity index (χ2n) is 7.61. The molecule has 1 saturated heterocycles. The number of nitrogens with one attached hydrogen (secondary N) is 2. The summed E-state index contributed by atoms with van der Waals surface area (Å²) in [5.74, 6) is 0.768. The van der Waals surface area contributed by atoms with Crippen LogP contribution in [-0.2, 0) is 0 Å². The van der Waals surface area contributed by atoms with Crippen molar-refractivity contribution in [2.75, 3.05) is 28.6 Å². The van der Waals surface area contributed by atoms with Crippen molar-refractivity contribution in [3.05, 3.63) is 66.4 Å². The summed E-state index contributed by atoms with van der Waals surface area (Å²) in [6.07, 6.45) is -0.241. The standard InChI is InChI=1S/C21H20F4N6O.ClH/c1-13(14-2-4-15(22)5-3-14)28-17-8-16(31-11-20(32,12-31)21(23,24)25)9-18(29-17)30-19-10-26-6-7-27-19;/h2-10,13,32H,11-12H2,1H3,(H2,27,28,29,30);1H. The van der Waals surface area contributed by atoms with Crippen LogP contribution in [0.2, 0.25) is 0 Å². The van der Waals surface area contributed by atoms with Crippen LogP contribution in [0.5, 0.6) is 0 Å². The van der Waals surface area contributed by atoms with Gasteiger partial charge < -0.3 is 20.6 Å². The number of β-amino-alcohol motifs (C(OH)–C–C–N with tert-alkyl or cyclic N) is 1. The number of anilines is 4. The molecular formula is C21H21ClF4N6O. The van der Waals surface area contributed by atoms with Crippen molar-refractivity contribution in [1.29, 1.82) is 0 Å². The van der Waals surface area contributed by atoms with E-state index in [1.54, 1.807) is 24.3 Å². The Morgan fingerprint density at radius 1 is 1.06 bits per heavy atom. The molecule has 3 aromatic rings. The minimum absolute atomic E-state index is 0. The topological polar surface area (TPSA) is 86.2 Å². The van der Waals surface area contributed by atoms with E-state index in [9.17, 15) is 22.7 Å². The van der Waals surface area contributed by atoms with Gasteiger partial charge in [-0.25, -0.2) is 14.4 Å². The van der Waals surface area contributed by atoms with Gasteiger partial charge in [-0.05, 0) is 24.6 Å². The van der Waals surface area contributed by atoms with E-state index in [4.69, 9.17) is 0 Å². The molecule has 0 amide bonds. The molecule has 1 atom stereocenters. The minimum Gasteiger partial charge on any atom is -0.378 e. The van der Waals surface area contributed by atoms with Crippen molar-refractivity contribution in [3.8, 4) is 0 Å². The molecule has 3 N–H and O–H groups in total. The lowest BCUT2D eigenvalue weighted by Gasteiger charge is -2.48. The number of benzene rings is 1. The SMILES string of the molecule is CC(Nc1cc(N2CC(O)(C(F)(F)F)C2)cc(Nc2cnccn2)n1)c1ccc(F)cc1.Cl. The van der Waals surface area contributed by atoms with Gasteiger partial charge in [-0.2, -0.15) is 13.2 Å². The molecule has 1 aromatic carbocycles. The van der Waals surface area contributed by atoms with Gasteiger partial charge in [0.15, 0.2) is 5.60 Å². The van der Waals surface area contributed by atoms with E-state index in [0.717, 1.165) is 5.56 Å². The van der Waals surface area contributed by atoms with Crippen molar-refractivity contribution < 1.29 is 22.7 Å². The van der Waals surface area contributed by atoms with Crippen LogP contribution in [0.4, 0.5) is 40.7 Å². The number of hydrogen-bond acceptors (Lipinski definition) is 7. The molecule has 4 rings (SSSR count). The third-order valence-corrected chi connectivity index (χ3v) is 5.16. The lowest BCUT2D eigenvalue weighted by Crippen LogP contribution is -2.69. The molecule has 1 unspecified atom stereocenters. The molecule has 33 heavy (non-hydrogen) atoms. The number of aliphatic hydroxyl groups is 1. The lowest BCUT2D eigenvalue weighted by atomic mass is 9.93. The highest BCUT2D eigenvalue weighted by molar-refractivity contribution is 5.85. The number of nitrogens with zero attached hydrogens (tertiary/aromatic N) is 4. The van der Waals surface area contributed by atoms with Crippen molar-refractivity contribution in [1.82, 2.24) is 15.0 Å². The number of rotatable bonds is 6. The van der Waals surface area contributed by atoms with Crippen molar-refractivity contribution in [3.63, 3.8) is 0 Å². The van der Waals surface area contributed by atoms with E-state index >= 15 is 0 Å². The molecule has 7 nitrogen and oxygen atoms in total. The predicted molar refractivity (Wildman–Crippen MR) is 118 cm³/mol. The fraction of sp³-hybridized carbons (Fsp3) is 0.286. The largest absolute Gasteiger partial charge is 0.420 e. The first-order valence-electron chi connectivity index (χ1n) is 9.74.